The summed E-state index contributed by atoms with van der Waals surface area (Å²) in [5.41, 5.74) is 2.69. The lowest BCUT2D eigenvalue weighted by Gasteiger charge is -2.26. The van der Waals surface area contributed by atoms with Gasteiger partial charge in [-0.25, -0.2) is 0 Å². The summed E-state index contributed by atoms with van der Waals surface area (Å²) >= 11 is 3.49. The van der Waals surface area contributed by atoms with Crippen molar-refractivity contribution in [3.05, 3.63) is 40.1 Å². The van der Waals surface area contributed by atoms with Crippen molar-refractivity contribution in [2.24, 2.45) is 7.05 Å². The van der Waals surface area contributed by atoms with Crippen molar-refractivity contribution in [1.82, 2.24) is 9.78 Å². The predicted molar refractivity (Wildman–Crippen MR) is 83.7 cm³/mol. The van der Waals surface area contributed by atoms with Gasteiger partial charge in [0.15, 0.2) is 11.9 Å². The van der Waals surface area contributed by atoms with Crippen molar-refractivity contribution >= 4 is 27.4 Å². The first-order valence-electron chi connectivity index (χ1n) is 6.76. The zero-order valence-corrected chi connectivity index (χ0v) is 13.5. The maximum Gasteiger partial charge on any atom is 0.181 e. The summed E-state index contributed by atoms with van der Waals surface area (Å²) in [5, 5.41) is 7.54. The maximum absolute atomic E-state index is 12.5. The molecule has 110 valence electrons. The highest BCUT2D eigenvalue weighted by Crippen LogP contribution is 2.29. The van der Waals surface area contributed by atoms with E-state index in [4.69, 9.17) is 4.74 Å². The van der Waals surface area contributed by atoms with Crippen LogP contribution in [0.25, 0.3) is 0 Å². The molecule has 0 saturated carbocycles. The average Bonchev–Trinajstić information content (AvgIpc) is 2.73. The highest BCUT2D eigenvalue weighted by atomic mass is 79.9. The summed E-state index contributed by atoms with van der Waals surface area (Å²) in [4.78, 5) is 12.5. The number of hydrogen-bond donors (Lipinski definition) is 1. The smallest absolute Gasteiger partial charge is 0.181 e. The van der Waals surface area contributed by atoms with Crippen LogP contribution in [0.2, 0.25) is 0 Å². The maximum atomic E-state index is 12.5. The van der Waals surface area contributed by atoms with E-state index in [2.05, 4.69) is 26.3 Å². The molecule has 0 aliphatic carbocycles. The van der Waals surface area contributed by atoms with Gasteiger partial charge in [-0.3, -0.25) is 9.48 Å². The predicted octanol–water partition coefficient (Wildman–Crippen LogP) is 2.48. The molecule has 2 aromatic rings. The number of nitrogens with one attached hydrogen (secondary N) is 1. The number of benzene rings is 1. The van der Waals surface area contributed by atoms with Crippen LogP contribution >= 0.6 is 15.9 Å². The van der Waals surface area contributed by atoms with Crippen LogP contribution in [-0.2, 0) is 18.3 Å². The standard InChI is InChI=1S/C15H16BrN3O2/c1-9-15(16)11(19(2)18-9)7-12(20)14-8-17-10-5-3-4-6-13(10)21-14/h3-6,14,17H,7-8H2,1-2H3. The molecule has 21 heavy (non-hydrogen) atoms. The molecule has 0 radical (unpaired) electrons. The Morgan fingerprint density at radius 1 is 1.52 bits per heavy atom. The molecule has 1 atom stereocenters. The number of ketones is 1. The number of anilines is 1. The molecule has 5 nitrogen and oxygen atoms in total. The third-order valence-corrected chi connectivity index (χ3v) is 4.63. The van der Waals surface area contributed by atoms with E-state index in [1.165, 1.54) is 0 Å². The van der Waals surface area contributed by atoms with Crippen LogP contribution in [0.15, 0.2) is 28.7 Å². The number of aryl methyl sites for hydroxylation is 2. The fourth-order valence-corrected chi connectivity index (χ4v) is 2.92. The Hall–Kier alpha value is -1.82. The molecule has 1 unspecified atom stereocenters. The van der Waals surface area contributed by atoms with Gasteiger partial charge < -0.3 is 10.1 Å². The van der Waals surface area contributed by atoms with Gasteiger partial charge >= 0.3 is 0 Å². The molecule has 3 rings (SSSR count). The molecule has 1 aromatic carbocycles. The number of nitrogens with zero attached hydrogens (tertiary/aromatic N) is 2. The highest BCUT2D eigenvalue weighted by Gasteiger charge is 2.27. The van der Waals surface area contributed by atoms with Crippen LogP contribution in [0.1, 0.15) is 11.4 Å². The summed E-state index contributed by atoms with van der Waals surface area (Å²) in [6, 6.07) is 7.64. The third kappa shape index (κ3) is 2.68. The van der Waals surface area contributed by atoms with Gasteiger partial charge in [-0.1, -0.05) is 12.1 Å². The molecule has 0 saturated heterocycles. The number of ether oxygens (including phenoxy) is 1. The lowest BCUT2D eigenvalue weighted by Crippen LogP contribution is -2.38. The second kappa shape index (κ2) is 5.52. The molecule has 1 aliphatic rings. The topological polar surface area (TPSA) is 56.2 Å². The van der Waals surface area contributed by atoms with Crippen LogP contribution in [0.3, 0.4) is 0 Å². The molecule has 1 N–H and O–H groups in total. The Labute approximate surface area is 131 Å². The van der Waals surface area contributed by atoms with Crippen LogP contribution < -0.4 is 10.1 Å². The fourth-order valence-electron chi connectivity index (χ4n) is 2.44. The zero-order chi connectivity index (χ0) is 15.0. The molecular weight excluding hydrogens is 334 g/mol. The number of carbonyl (C=O) groups is 1. The van der Waals surface area contributed by atoms with Gasteiger partial charge in [-0.05, 0) is 35.0 Å². The number of para-hydroxylation sites is 2. The normalized spacial score (nSPS) is 16.8. The molecule has 6 heteroatoms. The quantitative estimate of drug-likeness (QED) is 0.924. The number of aromatic nitrogens is 2. The third-order valence-electron chi connectivity index (χ3n) is 3.60. The molecule has 0 spiro atoms. The van der Waals surface area contributed by atoms with Crippen molar-refractivity contribution in [3.63, 3.8) is 0 Å². The average molecular weight is 350 g/mol. The first-order valence-corrected chi connectivity index (χ1v) is 7.56. The Balaban J connectivity index is 1.75. The Morgan fingerprint density at radius 2 is 2.29 bits per heavy atom. The molecular formula is C15H16BrN3O2. The minimum atomic E-state index is -0.470. The van der Waals surface area contributed by atoms with Gasteiger partial charge in [-0.15, -0.1) is 0 Å². The number of fused-ring (bicyclic) bond motifs is 1. The van der Waals surface area contributed by atoms with Crippen LogP contribution in [0, 0.1) is 6.92 Å². The second-order valence-corrected chi connectivity index (χ2v) is 5.89. The number of halogens is 1. The summed E-state index contributed by atoms with van der Waals surface area (Å²) in [7, 11) is 1.84. The number of hydrogen-bond acceptors (Lipinski definition) is 4. The first-order chi connectivity index (χ1) is 10.1. The van der Waals surface area contributed by atoms with E-state index in [0.29, 0.717) is 13.0 Å². The number of rotatable bonds is 3. The Kier molecular flexibility index (Phi) is 3.71. The van der Waals surface area contributed by atoms with Crippen LogP contribution in [-0.4, -0.2) is 28.2 Å². The van der Waals surface area contributed by atoms with Crippen LogP contribution in [0.4, 0.5) is 5.69 Å². The van der Waals surface area contributed by atoms with E-state index in [-0.39, 0.29) is 5.78 Å². The lowest BCUT2D eigenvalue weighted by molar-refractivity contribution is -0.124. The largest absolute Gasteiger partial charge is 0.479 e. The van der Waals surface area contributed by atoms with Gasteiger partial charge in [0.25, 0.3) is 0 Å². The monoisotopic (exact) mass is 349 g/mol. The zero-order valence-electron chi connectivity index (χ0n) is 11.9. The number of carbonyl (C=O) groups excluding carboxylic acids is 1. The molecule has 2 heterocycles. The molecule has 0 fully saturated rings. The van der Waals surface area contributed by atoms with Crippen molar-refractivity contribution in [3.8, 4) is 5.75 Å². The Bertz CT molecular complexity index is 696. The van der Waals surface area contributed by atoms with E-state index in [1.807, 2.05) is 38.2 Å². The van der Waals surface area contributed by atoms with E-state index in [0.717, 1.165) is 27.3 Å². The molecule has 0 amide bonds. The van der Waals surface area contributed by atoms with E-state index in [1.54, 1.807) is 4.68 Å². The Morgan fingerprint density at radius 3 is 3.00 bits per heavy atom. The summed E-state index contributed by atoms with van der Waals surface area (Å²) < 4.78 is 8.42. The SMILES string of the molecule is Cc1nn(C)c(CC(=O)C2CNc3ccccc3O2)c1Br. The molecule has 0 bridgehead atoms. The number of Topliss-reactive ketones (excluding diaryl/α,β-unsaturated/α-hetero) is 1. The van der Waals surface area contributed by atoms with Crippen molar-refractivity contribution in [2.45, 2.75) is 19.4 Å². The minimum Gasteiger partial charge on any atom is -0.479 e. The summed E-state index contributed by atoms with van der Waals surface area (Å²) in [5.74, 6) is 0.767. The van der Waals surface area contributed by atoms with E-state index in [9.17, 15) is 4.79 Å². The highest BCUT2D eigenvalue weighted by molar-refractivity contribution is 9.10. The summed E-state index contributed by atoms with van der Waals surface area (Å²) in [6.07, 6.45) is -0.172. The summed E-state index contributed by atoms with van der Waals surface area (Å²) in [6.45, 7) is 2.40. The first kappa shape index (κ1) is 14.1. The van der Waals surface area contributed by atoms with Crippen molar-refractivity contribution in [1.29, 1.82) is 0 Å². The van der Waals surface area contributed by atoms with Gasteiger partial charge in [0.1, 0.15) is 5.75 Å². The van der Waals surface area contributed by atoms with Gasteiger partial charge in [0.2, 0.25) is 0 Å². The van der Waals surface area contributed by atoms with Crippen molar-refractivity contribution in [2.75, 3.05) is 11.9 Å². The van der Waals surface area contributed by atoms with Crippen molar-refractivity contribution < 1.29 is 9.53 Å². The molecule has 1 aromatic heterocycles. The lowest BCUT2D eigenvalue weighted by atomic mass is 10.1. The van der Waals surface area contributed by atoms with Gasteiger partial charge in [0.05, 0.1) is 34.5 Å². The van der Waals surface area contributed by atoms with E-state index >= 15 is 0 Å². The minimum absolute atomic E-state index is 0.0423. The van der Waals surface area contributed by atoms with E-state index < -0.39 is 6.10 Å². The second-order valence-electron chi connectivity index (χ2n) is 5.10. The van der Waals surface area contributed by atoms with Crippen LogP contribution in [0.5, 0.6) is 5.75 Å². The molecule has 1 aliphatic heterocycles. The fraction of sp³-hybridized carbons (Fsp3) is 0.333. The van der Waals surface area contributed by atoms with Gasteiger partial charge in [-0.2, -0.15) is 5.10 Å². The van der Waals surface area contributed by atoms with Gasteiger partial charge in [0, 0.05) is 7.05 Å².